The lowest BCUT2D eigenvalue weighted by molar-refractivity contribution is 0.396. The van der Waals surface area contributed by atoms with Crippen LogP contribution in [-0.2, 0) is 22.0 Å². The SMILES string of the molecule is CCCCN(Cc1ccccc1)S(=O)(=O)c1cn(C2CCCC2)nc1C(C)(C)C. The van der Waals surface area contributed by atoms with Gasteiger partial charge in [0.1, 0.15) is 4.90 Å². The Hall–Kier alpha value is -1.66. The fourth-order valence-electron chi connectivity index (χ4n) is 3.98. The summed E-state index contributed by atoms with van der Waals surface area (Å²) in [5, 5.41) is 4.81. The van der Waals surface area contributed by atoms with Gasteiger partial charge in [-0.05, 0) is 24.8 Å². The molecule has 0 atom stereocenters. The predicted molar refractivity (Wildman–Crippen MR) is 117 cm³/mol. The molecule has 1 fully saturated rings. The number of benzene rings is 1. The van der Waals surface area contributed by atoms with Crippen LogP contribution in [0.1, 0.15) is 83.5 Å². The maximum atomic E-state index is 13.8. The Morgan fingerprint density at radius 1 is 1.14 bits per heavy atom. The third-order valence-corrected chi connectivity index (χ3v) is 7.53. The molecule has 1 aliphatic rings. The number of sulfonamides is 1. The van der Waals surface area contributed by atoms with Gasteiger partial charge in [0.25, 0.3) is 0 Å². The van der Waals surface area contributed by atoms with E-state index in [1.54, 1.807) is 10.5 Å². The fraction of sp³-hybridized carbons (Fsp3) is 0.609. The van der Waals surface area contributed by atoms with Gasteiger partial charge < -0.3 is 0 Å². The first-order valence-corrected chi connectivity index (χ1v) is 12.3. The molecule has 1 aromatic carbocycles. The maximum absolute atomic E-state index is 13.8. The van der Waals surface area contributed by atoms with E-state index in [9.17, 15) is 8.42 Å². The molecule has 0 spiro atoms. The van der Waals surface area contributed by atoms with Gasteiger partial charge in [-0.1, -0.05) is 77.3 Å². The second-order valence-electron chi connectivity index (χ2n) is 9.19. The van der Waals surface area contributed by atoms with Gasteiger partial charge in [0.2, 0.25) is 10.0 Å². The third kappa shape index (κ3) is 5.10. The Kier molecular flexibility index (Phi) is 6.84. The Bertz CT molecular complexity index is 892. The zero-order valence-corrected chi connectivity index (χ0v) is 19.1. The van der Waals surface area contributed by atoms with Crippen LogP contribution in [0.15, 0.2) is 41.4 Å². The van der Waals surface area contributed by atoms with Crippen molar-refractivity contribution in [3.63, 3.8) is 0 Å². The van der Waals surface area contributed by atoms with E-state index in [0.717, 1.165) is 31.2 Å². The molecular weight excluding hydrogens is 382 g/mol. The minimum Gasteiger partial charge on any atom is -0.268 e. The summed E-state index contributed by atoms with van der Waals surface area (Å²) in [6, 6.07) is 10.2. The molecule has 5 nitrogen and oxygen atoms in total. The Morgan fingerprint density at radius 3 is 2.38 bits per heavy atom. The van der Waals surface area contributed by atoms with E-state index in [1.165, 1.54) is 12.8 Å². The summed E-state index contributed by atoms with van der Waals surface area (Å²) in [5.74, 6) is 0. The van der Waals surface area contributed by atoms with Crippen LogP contribution in [0.3, 0.4) is 0 Å². The van der Waals surface area contributed by atoms with E-state index >= 15 is 0 Å². The Balaban J connectivity index is 2.01. The normalized spacial score (nSPS) is 16.0. The van der Waals surface area contributed by atoms with Gasteiger partial charge in [-0.2, -0.15) is 9.40 Å². The highest BCUT2D eigenvalue weighted by Crippen LogP contribution is 2.35. The van der Waals surface area contributed by atoms with Gasteiger partial charge in [0, 0.05) is 24.7 Å². The van der Waals surface area contributed by atoms with Crippen molar-refractivity contribution < 1.29 is 8.42 Å². The molecule has 1 saturated carbocycles. The molecule has 29 heavy (non-hydrogen) atoms. The summed E-state index contributed by atoms with van der Waals surface area (Å²) in [7, 11) is -3.64. The topological polar surface area (TPSA) is 55.2 Å². The lowest BCUT2D eigenvalue weighted by atomic mass is 9.92. The summed E-state index contributed by atoms with van der Waals surface area (Å²) in [4.78, 5) is 0.379. The summed E-state index contributed by atoms with van der Waals surface area (Å²) in [6.45, 7) is 9.13. The highest BCUT2D eigenvalue weighted by Gasteiger charge is 2.35. The van der Waals surface area contributed by atoms with Crippen LogP contribution in [0.5, 0.6) is 0 Å². The van der Waals surface area contributed by atoms with Gasteiger partial charge >= 0.3 is 0 Å². The van der Waals surface area contributed by atoms with Crippen LogP contribution < -0.4 is 0 Å². The average Bonchev–Trinajstić information content (AvgIpc) is 3.34. The molecule has 1 aliphatic carbocycles. The van der Waals surface area contributed by atoms with Crippen molar-refractivity contribution in [3.8, 4) is 0 Å². The van der Waals surface area contributed by atoms with Gasteiger partial charge in [0.05, 0.1) is 11.7 Å². The van der Waals surface area contributed by atoms with Crippen molar-refractivity contribution in [2.45, 2.75) is 89.1 Å². The van der Waals surface area contributed by atoms with E-state index in [-0.39, 0.29) is 5.41 Å². The third-order valence-electron chi connectivity index (χ3n) is 5.69. The first-order chi connectivity index (χ1) is 13.7. The molecule has 6 heteroatoms. The lowest BCUT2D eigenvalue weighted by Crippen LogP contribution is -2.33. The van der Waals surface area contributed by atoms with Crippen LogP contribution >= 0.6 is 0 Å². The van der Waals surface area contributed by atoms with Crippen molar-refractivity contribution in [3.05, 3.63) is 47.8 Å². The molecule has 3 rings (SSSR count). The molecular formula is C23H35N3O2S. The number of unbranched alkanes of at least 4 members (excludes halogenated alkanes) is 1. The van der Waals surface area contributed by atoms with Crippen molar-refractivity contribution in [2.24, 2.45) is 0 Å². The second kappa shape index (κ2) is 9.00. The standard InChI is InChI=1S/C23H35N3O2S/c1-5-6-16-25(17-19-12-8-7-9-13-19)29(27,28)21-18-26(20-14-10-11-15-20)24-22(21)23(2,3)4/h7-9,12-13,18,20H,5-6,10-11,14-17H2,1-4H3. The summed E-state index contributed by atoms with van der Waals surface area (Å²) in [6.07, 6.45) is 8.13. The first-order valence-electron chi connectivity index (χ1n) is 10.9. The molecule has 0 bridgehead atoms. The molecule has 2 aromatic rings. The van der Waals surface area contributed by atoms with E-state index in [1.807, 2.05) is 55.8 Å². The minimum atomic E-state index is -3.64. The van der Waals surface area contributed by atoms with Gasteiger partial charge in [-0.3, -0.25) is 4.68 Å². The molecule has 0 saturated heterocycles. The molecule has 160 valence electrons. The summed E-state index contributed by atoms with van der Waals surface area (Å²) < 4.78 is 31.2. The van der Waals surface area contributed by atoms with Crippen LogP contribution in [0.4, 0.5) is 0 Å². The van der Waals surface area contributed by atoms with E-state index in [4.69, 9.17) is 5.10 Å². The number of nitrogens with zero attached hydrogens (tertiary/aromatic N) is 3. The quantitative estimate of drug-likeness (QED) is 0.587. The predicted octanol–water partition coefficient (Wildman–Crippen LogP) is 5.29. The second-order valence-corrected chi connectivity index (χ2v) is 11.1. The number of rotatable bonds is 8. The van der Waals surface area contributed by atoms with E-state index in [2.05, 4.69) is 6.92 Å². The van der Waals surface area contributed by atoms with Crippen molar-refractivity contribution >= 4 is 10.0 Å². The Morgan fingerprint density at radius 2 is 1.79 bits per heavy atom. The number of hydrogen-bond donors (Lipinski definition) is 0. The van der Waals surface area contributed by atoms with Crippen LogP contribution in [0, 0.1) is 0 Å². The fourth-order valence-corrected chi connectivity index (χ4v) is 5.78. The first kappa shape index (κ1) is 22.0. The average molecular weight is 418 g/mol. The molecule has 0 amide bonds. The largest absolute Gasteiger partial charge is 0.268 e. The molecule has 0 aliphatic heterocycles. The monoisotopic (exact) mass is 417 g/mol. The molecule has 0 N–H and O–H groups in total. The number of hydrogen-bond acceptors (Lipinski definition) is 3. The van der Waals surface area contributed by atoms with Crippen molar-refractivity contribution in [1.29, 1.82) is 0 Å². The van der Waals surface area contributed by atoms with Crippen LogP contribution in [0.25, 0.3) is 0 Å². The molecule has 1 heterocycles. The van der Waals surface area contributed by atoms with E-state index in [0.29, 0.717) is 29.7 Å². The van der Waals surface area contributed by atoms with E-state index < -0.39 is 10.0 Å². The Labute approximate surface area is 176 Å². The number of aromatic nitrogens is 2. The summed E-state index contributed by atoms with van der Waals surface area (Å²) >= 11 is 0. The van der Waals surface area contributed by atoms with Gasteiger partial charge in [-0.15, -0.1) is 0 Å². The van der Waals surface area contributed by atoms with Crippen molar-refractivity contribution in [1.82, 2.24) is 14.1 Å². The smallest absolute Gasteiger partial charge is 0.246 e. The van der Waals surface area contributed by atoms with Crippen LogP contribution in [-0.4, -0.2) is 29.0 Å². The molecule has 0 unspecified atom stereocenters. The highest BCUT2D eigenvalue weighted by atomic mass is 32.2. The zero-order chi connectivity index (χ0) is 21.1. The minimum absolute atomic E-state index is 0.318. The lowest BCUT2D eigenvalue weighted by Gasteiger charge is -2.24. The highest BCUT2D eigenvalue weighted by molar-refractivity contribution is 7.89. The van der Waals surface area contributed by atoms with Crippen LogP contribution in [0.2, 0.25) is 0 Å². The van der Waals surface area contributed by atoms with Gasteiger partial charge in [-0.25, -0.2) is 8.42 Å². The van der Waals surface area contributed by atoms with Gasteiger partial charge in [0.15, 0.2) is 0 Å². The summed E-state index contributed by atoms with van der Waals surface area (Å²) in [5.41, 5.74) is 1.35. The zero-order valence-electron chi connectivity index (χ0n) is 18.3. The maximum Gasteiger partial charge on any atom is 0.246 e. The van der Waals surface area contributed by atoms with Crippen molar-refractivity contribution in [2.75, 3.05) is 6.54 Å². The molecule has 0 radical (unpaired) electrons. The molecule has 1 aromatic heterocycles.